The zero-order valence-electron chi connectivity index (χ0n) is 17.4. The minimum Gasteiger partial charge on any atom is -0.497 e. The van der Waals surface area contributed by atoms with Gasteiger partial charge in [0.15, 0.2) is 6.61 Å². The quantitative estimate of drug-likeness (QED) is 0.601. The summed E-state index contributed by atoms with van der Waals surface area (Å²) >= 11 is 0.887. The van der Waals surface area contributed by atoms with Gasteiger partial charge in [-0.1, -0.05) is 37.3 Å². The van der Waals surface area contributed by atoms with E-state index in [-0.39, 0.29) is 36.7 Å². The van der Waals surface area contributed by atoms with E-state index in [2.05, 4.69) is 5.32 Å². The van der Waals surface area contributed by atoms with E-state index in [9.17, 15) is 14.4 Å². The Balaban J connectivity index is 1.48. The molecule has 2 aromatic carbocycles. The number of thioether (sulfide) groups is 1. The highest BCUT2D eigenvalue weighted by Crippen LogP contribution is 2.32. The van der Waals surface area contributed by atoms with Crippen LogP contribution < -0.4 is 14.8 Å². The van der Waals surface area contributed by atoms with Gasteiger partial charge in [-0.25, -0.2) is 0 Å². The van der Waals surface area contributed by atoms with Crippen molar-refractivity contribution in [3.63, 3.8) is 0 Å². The van der Waals surface area contributed by atoms with Gasteiger partial charge >= 0.3 is 0 Å². The number of amides is 3. The van der Waals surface area contributed by atoms with Crippen LogP contribution in [0.2, 0.25) is 0 Å². The molecule has 162 valence electrons. The molecule has 31 heavy (non-hydrogen) atoms. The SMILES string of the molecule is CCc1ccccc1OCC(=O)NCCN1C(=O)S/C(=C\c2ccc(OC)cc2)C1=O. The highest BCUT2D eigenvalue weighted by atomic mass is 32.2. The molecule has 0 radical (unpaired) electrons. The van der Waals surface area contributed by atoms with Crippen molar-refractivity contribution in [3.8, 4) is 11.5 Å². The summed E-state index contributed by atoms with van der Waals surface area (Å²) in [5.74, 6) is 0.706. The number of aryl methyl sites for hydroxylation is 1. The van der Waals surface area contributed by atoms with Gasteiger partial charge in [0.2, 0.25) is 0 Å². The van der Waals surface area contributed by atoms with Crippen molar-refractivity contribution < 1.29 is 23.9 Å². The van der Waals surface area contributed by atoms with Crippen LogP contribution in [0.15, 0.2) is 53.4 Å². The van der Waals surface area contributed by atoms with Crippen molar-refractivity contribution >= 4 is 34.9 Å². The molecule has 1 N–H and O–H groups in total. The largest absolute Gasteiger partial charge is 0.497 e. The van der Waals surface area contributed by atoms with E-state index < -0.39 is 0 Å². The molecule has 1 fully saturated rings. The summed E-state index contributed by atoms with van der Waals surface area (Å²) in [6.07, 6.45) is 2.48. The summed E-state index contributed by atoms with van der Waals surface area (Å²) in [5, 5.41) is 2.33. The lowest BCUT2D eigenvalue weighted by atomic mass is 10.1. The van der Waals surface area contributed by atoms with Gasteiger partial charge in [0.05, 0.1) is 12.0 Å². The van der Waals surface area contributed by atoms with Crippen LogP contribution in [0, 0.1) is 0 Å². The second-order valence-electron chi connectivity index (χ2n) is 6.71. The maximum Gasteiger partial charge on any atom is 0.293 e. The molecule has 3 rings (SSSR count). The predicted molar refractivity (Wildman–Crippen MR) is 120 cm³/mol. The molecular formula is C23H24N2O5S. The van der Waals surface area contributed by atoms with Crippen LogP contribution in [-0.4, -0.2) is 48.8 Å². The van der Waals surface area contributed by atoms with Crippen LogP contribution >= 0.6 is 11.8 Å². The van der Waals surface area contributed by atoms with Gasteiger partial charge in [-0.3, -0.25) is 19.3 Å². The van der Waals surface area contributed by atoms with Crippen LogP contribution in [0.5, 0.6) is 11.5 Å². The second kappa shape index (κ2) is 10.7. The Labute approximate surface area is 185 Å². The first-order valence-electron chi connectivity index (χ1n) is 9.88. The van der Waals surface area contributed by atoms with Crippen molar-refractivity contribution in [1.29, 1.82) is 0 Å². The molecule has 0 aliphatic carbocycles. The third-order valence-corrected chi connectivity index (χ3v) is 5.56. The number of benzene rings is 2. The molecule has 0 saturated carbocycles. The van der Waals surface area contributed by atoms with E-state index in [1.165, 1.54) is 0 Å². The van der Waals surface area contributed by atoms with Gasteiger partial charge in [0, 0.05) is 13.1 Å². The zero-order valence-corrected chi connectivity index (χ0v) is 18.2. The molecular weight excluding hydrogens is 416 g/mol. The molecule has 7 nitrogen and oxygen atoms in total. The molecule has 2 aromatic rings. The minimum absolute atomic E-state index is 0.0991. The third kappa shape index (κ3) is 5.88. The molecule has 0 unspecified atom stereocenters. The standard InChI is InChI=1S/C23H24N2O5S/c1-3-17-6-4-5-7-19(17)30-15-21(26)24-12-13-25-22(27)20(31-23(25)28)14-16-8-10-18(29-2)11-9-16/h4-11,14H,3,12-13,15H2,1-2H3,(H,24,26)/b20-14-. The van der Waals surface area contributed by atoms with Crippen LogP contribution in [-0.2, 0) is 16.0 Å². The molecule has 1 saturated heterocycles. The second-order valence-corrected chi connectivity index (χ2v) is 7.70. The molecule has 1 aliphatic rings. The topological polar surface area (TPSA) is 84.9 Å². The summed E-state index contributed by atoms with van der Waals surface area (Å²) < 4.78 is 10.7. The Hall–Kier alpha value is -3.26. The van der Waals surface area contributed by atoms with Gasteiger partial charge in [0.1, 0.15) is 11.5 Å². The van der Waals surface area contributed by atoms with E-state index in [1.807, 2.05) is 43.3 Å². The number of hydrogen-bond acceptors (Lipinski definition) is 6. The maximum atomic E-state index is 12.6. The Morgan fingerprint density at radius 3 is 2.58 bits per heavy atom. The average Bonchev–Trinajstić information content (AvgIpc) is 3.05. The van der Waals surface area contributed by atoms with Crippen LogP contribution in [0.4, 0.5) is 4.79 Å². The van der Waals surface area contributed by atoms with E-state index in [0.29, 0.717) is 16.4 Å². The van der Waals surface area contributed by atoms with Crippen LogP contribution in [0.3, 0.4) is 0 Å². The molecule has 0 aromatic heterocycles. The Morgan fingerprint density at radius 2 is 1.87 bits per heavy atom. The van der Waals surface area contributed by atoms with Crippen molar-refractivity contribution in [3.05, 3.63) is 64.6 Å². The number of carbonyl (C=O) groups is 3. The molecule has 0 spiro atoms. The highest BCUT2D eigenvalue weighted by Gasteiger charge is 2.34. The Morgan fingerprint density at radius 1 is 1.13 bits per heavy atom. The van der Waals surface area contributed by atoms with Gasteiger partial charge in [-0.2, -0.15) is 0 Å². The first-order valence-corrected chi connectivity index (χ1v) is 10.7. The number of ether oxygens (including phenoxy) is 2. The maximum absolute atomic E-state index is 12.6. The van der Waals surface area contributed by atoms with E-state index in [4.69, 9.17) is 9.47 Å². The Bertz CT molecular complexity index is 988. The summed E-state index contributed by atoms with van der Waals surface area (Å²) in [6.45, 7) is 2.14. The van der Waals surface area contributed by atoms with Gasteiger partial charge in [-0.05, 0) is 53.6 Å². The smallest absolute Gasteiger partial charge is 0.293 e. The van der Waals surface area contributed by atoms with Crippen LogP contribution in [0.1, 0.15) is 18.1 Å². The van der Waals surface area contributed by atoms with Gasteiger partial charge in [-0.15, -0.1) is 0 Å². The van der Waals surface area contributed by atoms with Gasteiger partial charge < -0.3 is 14.8 Å². The fraction of sp³-hybridized carbons (Fsp3) is 0.261. The first kappa shape index (κ1) is 22.4. The van der Waals surface area contributed by atoms with Crippen molar-refractivity contribution in [2.24, 2.45) is 0 Å². The molecule has 3 amide bonds. The lowest BCUT2D eigenvalue weighted by Crippen LogP contribution is -2.38. The number of hydrogen-bond donors (Lipinski definition) is 1. The summed E-state index contributed by atoms with van der Waals surface area (Å²) in [4.78, 5) is 38.3. The molecule has 0 bridgehead atoms. The van der Waals surface area contributed by atoms with E-state index in [1.54, 1.807) is 25.3 Å². The lowest BCUT2D eigenvalue weighted by molar-refractivity contribution is -0.125. The van der Waals surface area contributed by atoms with Crippen molar-refractivity contribution in [2.75, 3.05) is 26.8 Å². The molecule has 1 aliphatic heterocycles. The lowest BCUT2D eigenvalue weighted by Gasteiger charge is -2.14. The normalized spacial score (nSPS) is 14.8. The molecule has 8 heteroatoms. The number of carbonyl (C=O) groups excluding carboxylic acids is 3. The zero-order chi connectivity index (χ0) is 22.2. The number of imide groups is 1. The molecule has 1 heterocycles. The number of nitrogens with zero attached hydrogens (tertiary/aromatic N) is 1. The summed E-state index contributed by atoms with van der Waals surface area (Å²) in [7, 11) is 1.58. The summed E-state index contributed by atoms with van der Waals surface area (Å²) in [6, 6.07) is 14.7. The van der Waals surface area contributed by atoms with Crippen LogP contribution in [0.25, 0.3) is 6.08 Å². The van der Waals surface area contributed by atoms with Gasteiger partial charge in [0.25, 0.3) is 17.1 Å². The predicted octanol–water partition coefficient (Wildman–Crippen LogP) is 3.49. The monoisotopic (exact) mass is 440 g/mol. The number of rotatable bonds is 9. The fourth-order valence-corrected chi connectivity index (χ4v) is 3.85. The Kier molecular flexibility index (Phi) is 7.72. The van der Waals surface area contributed by atoms with Crippen molar-refractivity contribution in [2.45, 2.75) is 13.3 Å². The first-order chi connectivity index (χ1) is 15.0. The number of methoxy groups -OCH3 is 1. The van der Waals surface area contributed by atoms with Crippen molar-refractivity contribution in [1.82, 2.24) is 10.2 Å². The third-order valence-electron chi connectivity index (χ3n) is 4.66. The van der Waals surface area contributed by atoms with E-state index in [0.717, 1.165) is 34.2 Å². The number of nitrogens with one attached hydrogen (secondary N) is 1. The molecule has 0 atom stereocenters. The highest BCUT2D eigenvalue weighted by molar-refractivity contribution is 8.18. The fourth-order valence-electron chi connectivity index (χ4n) is 2.98. The summed E-state index contributed by atoms with van der Waals surface area (Å²) in [5.41, 5.74) is 1.82. The average molecular weight is 441 g/mol. The van der Waals surface area contributed by atoms with E-state index >= 15 is 0 Å². The number of para-hydroxylation sites is 1. The minimum atomic E-state index is -0.367.